The summed E-state index contributed by atoms with van der Waals surface area (Å²) in [5.74, 6) is 1.81. The van der Waals surface area contributed by atoms with Crippen LogP contribution >= 0.6 is 0 Å². The molecular formula is C27H28N6O2. The van der Waals surface area contributed by atoms with Gasteiger partial charge in [0.05, 0.1) is 12.2 Å². The van der Waals surface area contributed by atoms with Crippen LogP contribution in [0, 0.1) is 5.92 Å². The van der Waals surface area contributed by atoms with Gasteiger partial charge in [-0.2, -0.15) is 0 Å². The first-order valence-corrected chi connectivity index (χ1v) is 11.8. The summed E-state index contributed by atoms with van der Waals surface area (Å²) in [4.78, 5) is 22.5. The number of nitrogens with one attached hydrogen (secondary N) is 1. The van der Waals surface area contributed by atoms with Crippen LogP contribution < -0.4 is 10.1 Å². The zero-order chi connectivity index (χ0) is 24.4. The van der Waals surface area contributed by atoms with Crippen LogP contribution in [0.4, 0.5) is 5.82 Å². The number of aromatic nitrogens is 4. The molecule has 1 unspecified atom stereocenters. The summed E-state index contributed by atoms with van der Waals surface area (Å²) < 4.78 is 8.33. The molecule has 0 radical (unpaired) electrons. The Morgan fingerprint density at radius 2 is 2.14 bits per heavy atom. The molecule has 1 fully saturated rings. The Bertz CT molecular complexity index is 1340. The van der Waals surface area contributed by atoms with Crippen LogP contribution in [0.2, 0.25) is 0 Å². The predicted molar refractivity (Wildman–Crippen MR) is 136 cm³/mol. The Balaban J connectivity index is 1.55. The summed E-state index contributed by atoms with van der Waals surface area (Å²) in [5, 5.41) is 11.4. The smallest absolute Gasteiger partial charge is 0.260 e. The third kappa shape index (κ3) is 4.77. The van der Waals surface area contributed by atoms with E-state index < -0.39 is 0 Å². The van der Waals surface area contributed by atoms with Gasteiger partial charge in [0.15, 0.2) is 5.82 Å². The van der Waals surface area contributed by atoms with Crippen molar-refractivity contribution >= 4 is 23.0 Å². The number of benzene rings is 1. The second kappa shape index (κ2) is 9.66. The molecule has 178 valence electrons. The van der Waals surface area contributed by atoms with Crippen molar-refractivity contribution in [1.29, 1.82) is 0 Å². The maximum atomic E-state index is 13.4. The number of ether oxygens (including phenoxy) is 1. The first kappa shape index (κ1) is 22.7. The van der Waals surface area contributed by atoms with Gasteiger partial charge in [-0.05, 0) is 80.5 Å². The van der Waals surface area contributed by atoms with Crippen molar-refractivity contribution in [3.63, 3.8) is 0 Å². The van der Waals surface area contributed by atoms with E-state index in [-0.39, 0.29) is 5.91 Å². The minimum atomic E-state index is -0.284. The van der Waals surface area contributed by atoms with E-state index in [0.29, 0.717) is 47.2 Å². The molecule has 3 aromatic rings. The SMILES string of the molecule is C=C/C(C)=N\C=C(/C)c1ccc2c(c1)C(=O)Nc1cccc(n1)-c1nncn1[C@H]1CCC(CO2)C1. The van der Waals surface area contributed by atoms with Gasteiger partial charge in [0.25, 0.3) is 5.91 Å². The van der Waals surface area contributed by atoms with E-state index in [1.807, 2.05) is 44.2 Å². The third-order valence-corrected chi connectivity index (χ3v) is 6.61. The minimum absolute atomic E-state index is 0.284. The summed E-state index contributed by atoms with van der Waals surface area (Å²) in [6.45, 7) is 8.13. The molecular weight excluding hydrogens is 440 g/mol. The molecule has 5 rings (SSSR count). The molecule has 35 heavy (non-hydrogen) atoms. The number of carbonyl (C=O) groups is 1. The number of hydrogen-bond donors (Lipinski definition) is 1. The van der Waals surface area contributed by atoms with Crippen molar-refractivity contribution in [2.75, 3.05) is 11.9 Å². The van der Waals surface area contributed by atoms with Gasteiger partial charge in [-0.1, -0.05) is 18.7 Å². The fourth-order valence-electron chi connectivity index (χ4n) is 4.57. The standard InChI is InChI=1S/C27H28N6O2/c1-4-18(3)28-14-17(2)20-9-11-24-22(13-20)27(34)31-25-7-5-6-23(30-25)26-32-29-16-33(26)21-10-8-19(12-21)15-35-24/h4-7,9,11,13-14,16,19,21H,1,8,10,12,15H2,2-3H3,(H,30,31,34)/b17-14+,28-18-/t19?,21-/m0/s1. The molecule has 1 amide bonds. The highest BCUT2D eigenvalue weighted by molar-refractivity contribution is 6.06. The number of allylic oxidation sites excluding steroid dienone is 2. The molecule has 4 bridgehead atoms. The van der Waals surface area contributed by atoms with Gasteiger partial charge >= 0.3 is 0 Å². The van der Waals surface area contributed by atoms with E-state index in [1.54, 1.807) is 24.7 Å². The molecule has 1 aliphatic heterocycles. The first-order valence-electron chi connectivity index (χ1n) is 11.8. The van der Waals surface area contributed by atoms with Gasteiger partial charge in [0, 0.05) is 18.0 Å². The Morgan fingerprint density at radius 1 is 1.26 bits per heavy atom. The number of aliphatic imine (C=N–C) groups is 1. The number of hydrogen-bond acceptors (Lipinski definition) is 6. The maximum Gasteiger partial charge on any atom is 0.260 e. The normalized spacial score (nSPS) is 20.2. The molecule has 3 heterocycles. The lowest BCUT2D eigenvalue weighted by molar-refractivity contribution is 0.102. The monoisotopic (exact) mass is 468 g/mol. The molecule has 2 aliphatic rings. The van der Waals surface area contributed by atoms with Crippen LogP contribution in [0.5, 0.6) is 5.75 Å². The van der Waals surface area contributed by atoms with Gasteiger partial charge in [-0.25, -0.2) is 4.98 Å². The summed E-state index contributed by atoms with van der Waals surface area (Å²) in [6.07, 6.45) is 8.28. The molecule has 2 aromatic heterocycles. The zero-order valence-electron chi connectivity index (χ0n) is 19.9. The molecule has 1 N–H and O–H groups in total. The van der Waals surface area contributed by atoms with Crippen LogP contribution in [-0.4, -0.2) is 38.0 Å². The van der Waals surface area contributed by atoms with E-state index in [2.05, 4.69) is 36.6 Å². The Kier molecular flexibility index (Phi) is 6.27. The van der Waals surface area contributed by atoms with Crippen LogP contribution in [0.25, 0.3) is 17.1 Å². The van der Waals surface area contributed by atoms with E-state index >= 15 is 0 Å². The van der Waals surface area contributed by atoms with E-state index in [9.17, 15) is 4.79 Å². The molecule has 8 heteroatoms. The molecule has 1 saturated carbocycles. The molecule has 1 aliphatic carbocycles. The Morgan fingerprint density at radius 3 is 3.00 bits per heavy atom. The number of rotatable bonds is 3. The van der Waals surface area contributed by atoms with Crippen molar-refractivity contribution in [2.45, 2.75) is 39.2 Å². The average molecular weight is 469 g/mol. The van der Waals surface area contributed by atoms with E-state index in [0.717, 1.165) is 36.1 Å². The lowest BCUT2D eigenvalue weighted by atomic mass is 10.0. The van der Waals surface area contributed by atoms with Crippen LogP contribution in [0.3, 0.4) is 0 Å². The highest BCUT2D eigenvalue weighted by Crippen LogP contribution is 2.37. The fourth-order valence-corrected chi connectivity index (χ4v) is 4.57. The number of carbonyl (C=O) groups excluding carboxylic acids is 1. The molecule has 0 saturated heterocycles. The lowest BCUT2D eigenvalue weighted by Crippen LogP contribution is -2.18. The molecule has 8 nitrogen and oxygen atoms in total. The summed E-state index contributed by atoms with van der Waals surface area (Å²) >= 11 is 0. The highest BCUT2D eigenvalue weighted by atomic mass is 16.5. The molecule has 1 aromatic carbocycles. The number of amides is 1. The second-order valence-corrected chi connectivity index (χ2v) is 9.07. The van der Waals surface area contributed by atoms with Gasteiger partial charge in [0.1, 0.15) is 23.6 Å². The average Bonchev–Trinajstić information content (AvgIpc) is 3.55. The van der Waals surface area contributed by atoms with Crippen molar-refractivity contribution in [2.24, 2.45) is 10.9 Å². The fraction of sp³-hybridized carbons (Fsp3) is 0.296. The minimum Gasteiger partial charge on any atom is -0.492 e. The summed E-state index contributed by atoms with van der Waals surface area (Å²) in [5.41, 5.74) is 3.78. The van der Waals surface area contributed by atoms with Crippen LogP contribution in [0.15, 0.2) is 66.6 Å². The summed E-state index contributed by atoms with van der Waals surface area (Å²) in [6, 6.07) is 11.5. The maximum absolute atomic E-state index is 13.4. The zero-order valence-corrected chi connectivity index (χ0v) is 19.9. The summed E-state index contributed by atoms with van der Waals surface area (Å²) in [7, 11) is 0. The number of anilines is 1. The van der Waals surface area contributed by atoms with Gasteiger partial charge in [-0.3, -0.25) is 9.79 Å². The predicted octanol–water partition coefficient (Wildman–Crippen LogP) is 5.33. The molecule has 0 spiro atoms. The van der Waals surface area contributed by atoms with Crippen molar-refractivity contribution in [3.8, 4) is 17.3 Å². The van der Waals surface area contributed by atoms with Crippen LogP contribution in [-0.2, 0) is 0 Å². The largest absolute Gasteiger partial charge is 0.492 e. The lowest BCUT2D eigenvalue weighted by Gasteiger charge is -2.18. The highest BCUT2D eigenvalue weighted by Gasteiger charge is 2.29. The molecule has 2 atom stereocenters. The van der Waals surface area contributed by atoms with Gasteiger partial charge in [0.2, 0.25) is 0 Å². The van der Waals surface area contributed by atoms with Crippen molar-refractivity contribution < 1.29 is 9.53 Å². The number of fused-ring (bicyclic) bond motifs is 8. The van der Waals surface area contributed by atoms with Crippen molar-refractivity contribution in [3.05, 3.63) is 72.7 Å². The first-order chi connectivity index (χ1) is 17.0. The van der Waals surface area contributed by atoms with E-state index in [4.69, 9.17) is 4.74 Å². The Labute approximate surface area is 204 Å². The van der Waals surface area contributed by atoms with Crippen LogP contribution in [0.1, 0.15) is 55.1 Å². The van der Waals surface area contributed by atoms with Crippen molar-refractivity contribution in [1.82, 2.24) is 19.7 Å². The topological polar surface area (TPSA) is 94.3 Å². The quantitative estimate of drug-likeness (QED) is 0.524. The second-order valence-electron chi connectivity index (χ2n) is 9.07. The third-order valence-electron chi connectivity index (χ3n) is 6.61. The van der Waals surface area contributed by atoms with E-state index in [1.165, 1.54) is 0 Å². The Hall–Kier alpha value is -4.07. The number of pyridine rings is 1. The van der Waals surface area contributed by atoms with Gasteiger partial charge < -0.3 is 14.6 Å². The number of nitrogens with zero attached hydrogens (tertiary/aromatic N) is 5. The van der Waals surface area contributed by atoms with Gasteiger partial charge in [-0.15, -0.1) is 10.2 Å².